The Bertz CT molecular complexity index is 737. The van der Waals surface area contributed by atoms with E-state index in [-0.39, 0.29) is 6.04 Å². The number of fused-ring (bicyclic) bond motifs is 1. The fourth-order valence-electron chi connectivity index (χ4n) is 2.39. The minimum atomic E-state index is -0.277. The third-order valence-electron chi connectivity index (χ3n) is 3.40. The van der Waals surface area contributed by atoms with E-state index in [1.165, 1.54) is 0 Å². The molecule has 4 nitrogen and oxygen atoms in total. The van der Waals surface area contributed by atoms with Gasteiger partial charge in [-0.25, -0.2) is 5.43 Å². The van der Waals surface area contributed by atoms with Crippen LogP contribution in [0.25, 0.3) is 11.0 Å². The van der Waals surface area contributed by atoms with Gasteiger partial charge in [-0.1, -0.05) is 40.2 Å². The molecule has 0 saturated carbocycles. The lowest BCUT2D eigenvalue weighted by molar-refractivity contribution is 0.396. The predicted octanol–water partition coefficient (Wildman–Crippen LogP) is 3.76. The first-order valence-electron chi connectivity index (χ1n) is 6.51. The predicted molar refractivity (Wildman–Crippen MR) is 86.1 cm³/mol. The van der Waals surface area contributed by atoms with Crippen LogP contribution >= 0.6 is 15.9 Å². The molecule has 0 radical (unpaired) electrons. The first-order chi connectivity index (χ1) is 10.2. The van der Waals surface area contributed by atoms with Crippen molar-refractivity contribution in [2.75, 3.05) is 7.11 Å². The molecule has 0 saturated heterocycles. The molecule has 0 spiro atoms. The number of furan rings is 1. The van der Waals surface area contributed by atoms with Crippen molar-refractivity contribution < 1.29 is 9.15 Å². The zero-order valence-electron chi connectivity index (χ0n) is 11.5. The first-order valence-corrected chi connectivity index (χ1v) is 7.30. The van der Waals surface area contributed by atoms with E-state index in [9.17, 15) is 0 Å². The summed E-state index contributed by atoms with van der Waals surface area (Å²) in [7, 11) is 1.64. The molecule has 2 aromatic carbocycles. The Labute approximate surface area is 131 Å². The number of methoxy groups -OCH3 is 1. The van der Waals surface area contributed by atoms with Crippen molar-refractivity contribution in [3.05, 3.63) is 64.3 Å². The van der Waals surface area contributed by atoms with Gasteiger partial charge in [-0.05, 0) is 24.3 Å². The highest BCUT2D eigenvalue weighted by molar-refractivity contribution is 9.10. The molecule has 1 aromatic heterocycles. The Morgan fingerprint density at radius 3 is 2.71 bits per heavy atom. The Morgan fingerprint density at radius 1 is 1.19 bits per heavy atom. The van der Waals surface area contributed by atoms with Gasteiger partial charge in [0.05, 0.1) is 7.11 Å². The lowest BCUT2D eigenvalue weighted by atomic mass is 10.0. The second-order valence-corrected chi connectivity index (χ2v) is 5.59. The van der Waals surface area contributed by atoms with Crippen LogP contribution in [0.4, 0.5) is 0 Å². The first kappa shape index (κ1) is 14.1. The van der Waals surface area contributed by atoms with E-state index in [2.05, 4.69) is 21.4 Å². The molecule has 1 unspecified atom stereocenters. The van der Waals surface area contributed by atoms with Crippen LogP contribution in [0.15, 0.2) is 57.4 Å². The average Bonchev–Trinajstić information content (AvgIpc) is 2.92. The van der Waals surface area contributed by atoms with Gasteiger partial charge >= 0.3 is 0 Å². The summed E-state index contributed by atoms with van der Waals surface area (Å²) in [6.45, 7) is 0. The molecule has 21 heavy (non-hydrogen) atoms. The summed E-state index contributed by atoms with van der Waals surface area (Å²) in [5, 5.41) is 1.05. The van der Waals surface area contributed by atoms with E-state index in [1.54, 1.807) is 7.11 Å². The summed E-state index contributed by atoms with van der Waals surface area (Å²) in [6, 6.07) is 15.4. The number of nitrogens with one attached hydrogen (secondary N) is 1. The smallest absolute Gasteiger partial charge is 0.134 e. The summed E-state index contributed by atoms with van der Waals surface area (Å²) in [6.07, 6.45) is 0. The largest absolute Gasteiger partial charge is 0.496 e. The van der Waals surface area contributed by atoms with Gasteiger partial charge in [-0.2, -0.15) is 0 Å². The second kappa shape index (κ2) is 5.89. The summed E-state index contributed by atoms with van der Waals surface area (Å²) in [4.78, 5) is 0. The lowest BCUT2D eigenvalue weighted by Crippen LogP contribution is -2.28. The molecule has 5 heteroatoms. The zero-order chi connectivity index (χ0) is 14.8. The van der Waals surface area contributed by atoms with Crippen LogP contribution < -0.4 is 16.0 Å². The van der Waals surface area contributed by atoms with Crippen molar-refractivity contribution in [1.82, 2.24) is 5.43 Å². The summed E-state index contributed by atoms with van der Waals surface area (Å²) < 4.78 is 12.3. The molecule has 1 atom stereocenters. The van der Waals surface area contributed by atoms with Gasteiger partial charge in [-0.3, -0.25) is 5.84 Å². The minimum absolute atomic E-state index is 0.277. The van der Waals surface area contributed by atoms with Crippen LogP contribution in [0.5, 0.6) is 5.75 Å². The third kappa shape index (κ3) is 2.68. The topological polar surface area (TPSA) is 60.4 Å². The highest BCUT2D eigenvalue weighted by Crippen LogP contribution is 2.34. The molecule has 3 N–H and O–H groups in total. The number of nitrogens with two attached hydrogens (primary N) is 1. The van der Waals surface area contributed by atoms with Crippen molar-refractivity contribution >= 4 is 26.9 Å². The van der Waals surface area contributed by atoms with Crippen LogP contribution in [0, 0.1) is 0 Å². The number of hydrogen-bond donors (Lipinski definition) is 2. The zero-order valence-corrected chi connectivity index (χ0v) is 13.1. The fraction of sp³-hybridized carbons (Fsp3) is 0.125. The Hall–Kier alpha value is -1.82. The second-order valence-electron chi connectivity index (χ2n) is 4.67. The van der Waals surface area contributed by atoms with Gasteiger partial charge in [0, 0.05) is 15.4 Å². The molecule has 3 aromatic rings. The van der Waals surface area contributed by atoms with Gasteiger partial charge in [0.1, 0.15) is 23.1 Å². The van der Waals surface area contributed by atoms with Gasteiger partial charge in [0.2, 0.25) is 0 Å². The van der Waals surface area contributed by atoms with Crippen LogP contribution in [-0.2, 0) is 0 Å². The SMILES string of the molecule is COc1cc(Br)ccc1C(NN)c1cc2ccccc2o1. The maximum atomic E-state index is 5.90. The summed E-state index contributed by atoms with van der Waals surface area (Å²) in [5.74, 6) is 7.24. The van der Waals surface area contributed by atoms with Crippen molar-refractivity contribution in [2.45, 2.75) is 6.04 Å². The van der Waals surface area contributed by atoms with Crippen molar-refractivity contribution in [3.63, 3.8) is 0 Å². The van der Waals surface area contributed by atoms with Crippen molar-refractivity contribution in [1.29, 1.82) is 0 Å². The molecule has 0 aliphatic heterocycles. The Kier molecular flexibility index (Phi) is 3.96. The maximum Gasteiger partial charge on any atom is 0.134 e. The van der Waals surface area contributed by atoms with Gasteiger partial charge in [0.15, 0.2) is 0 Å². The van der Waals surface area contributed by atoms with Crippen LogP contribution in [0.1, 0.15) is 17.4 Å². The van der Waals surface area contributed by atoms with E-state index in [4.69, 9.17) is 15.0 Å². The number of hydrogen-bond acceptors (Lipinski definition) is 4. The van der Waals surface area contributed by atoms with Crippen molar-refractivity contribution in [3.8, 4) is 5.75 Å². The van der Waals surface area contributed by atoms with E-state index >= 15 is 0 Å². The van der Waals surface area contributed by atoms with E-state index in [1.807, 2.05) is 48.5 Å². The standard InChI is InChI=1S/C16H15BrN2O2/c1-20-14-9-11(17)6-7-12(14)16(19-18)15-8-10-4-2-3-5-13(10)21-15/h2-9,16,19H,18H2,1H3. The van der Waals surface area contributed by atoms with Crippen molar-refractivity contribution in [2.24, 2.45) is 5.84 Å². The van der Waals surface area contributed by atoms with E-state index in [0.717, 1.165) is 32.5 Å². The highest BCUT2D eigenvalue weighted by atomic mass is 79.9. The quantitative estimate of drug-likeness (QED) is 0.557. The lowest BCUT2D eigenvalue weighted by Gasteiger charge is -2.17. The average molecular weight is 347 g/mol. The number of hydrazine groups is 1. The maximum absolute atomic E-state index is 5.90. The molecule has 1 heterocycles. The number of rotatable bonds is 4. The number of benzene rings is 2. The van der Waals surface area contributed by atoms with Gasteiger partial charge < -0.3 is 9.15 Å². The van der Waals surface area contributed by atoms with Crippen LogP contribution in [0.2, 0.25) is 0 Å². The normalized spacial score (nSPS) is 12.5. The molecule has 0 bridgehead atoms. The number of ether oxygens (including phenoxy) is 1. The van der Waals surface area contributed by atoms with Crippen LogP contribution in [0.3, 0.4) is 0 Å². The molecule has 0 aliphatic rings. The molecule has 0 amide bonds. The number of halogens is 1. The fourth-order valence-corrected chi connectivity index (χ4v) is 2.73. The third-order valence-corrected chi connectivity index (χ3v) is 3.90. The highest BCUT2D eigenvalue weighted by Gasteiger charge is 2.21. The Morgan fingerprint density at radius 2 is 2.00 bits per heavy atom. The Balaban J connectivity index is 2.09. The van der Waals surface area contributed by atoms with Gasteiger partial charge in [0.25, 0.3) is 0 Å². The number of para-hydroxylation sites is 1. The molecule has 3 rings (SSSR count). The van der Waals surface area contributed by atoms with E-state index < -0.39 is 0 Å². The molecule has 0 fully saturated rings. The summed E-state index contributed by atoms with van der Waals surface area (Å²) >= 11 is 3.44. The van der Waals surface area contributed by atoms with E-state index in [0.29, 0.717) is 0 Å². The van der Waals surface area contributed by atoms with Gasteiger partial charge in [-0.15, -0.1) is 0 Å². The molecule has 0 aliphatic carbocycles. The minimum Gasteiger partial charge on any atom is -0.496 e. The monoisotopic (exact) mass is 346 g/mol. The molecule has 108 valence electrons. The van der Waals surface area contributed by atoms with Crippen LogP contribution in [-0.4, -0.2) is 7.11 Å². The summed E-state index contributed by atoms with van der Waals surface area (Å²) in [5.41, 5.74) is 4.56. The molecular weight excluding hydrogens is 332 g/mol. The molecular formula is C16H15BrN2O2.